The Morgan fingerprint density at radius 2 is 1.70 bits per heavy atom. The zero-order chi connectivity index (χ0) is 19.0. The van der Waals surface area contributed by atoms with Crippen molar-refractivity contribution in [3.63, 3.8) is 0 Å². The van der Waals surface area contributed by atoms with Crippen molar-refractivity contribution in [2.75, 3.05) is 0 Å². The highest BCUT2D eigenvalue weighted by molar-refractivity contribution is 5.99. The number of nitriles is 1. The molecule has 27 heavy (non-hydrogen) atoms. The number of aromatic nitrogens is 1. The minimum atomic E-state index is -0.496. The van der Waals surface area contributed by atoms with E-state index in [-0.39, 0.29) is 17.3 Å². The third kappa shape index (κ3) is 2.96. The van der Waals surface area contributed by atoms with Gasteiger partial charge in [-0.05, 0) is 48.2 Å². The first kappa shape index (κ1) is 16.9. The van der Waals surface area contributed by atoms with Gasteiger partial charge in [0, 0.05) is 23.4 Å². The van der Waals surface area contributed by atoms with Crippen molar-refractivity contribution >= 4 is 5.78 Å². The number of benzene rings is 2. The quantitative estimate of drug-likeness (QED) is 0.701. The highest BCUT2D eigenvalue weighted by atomic mass is 19.1. The molecule has 1 heterocycles. The van der Waals surface area contributed by atoms with Crippen LogP contribution in [-0.2, 0) is 6.42 Å². The molecule has 132 valence electrons. The summed E-state index contributed by atoms with van der Waals surface area (Å²) in [6.45, 7) is 0. The van der Waals surface area contributed by atoms with E-state index in [2.05, 4.69) is 0 Å². The van der Waals surface area contributed by atoms with E-state index in [9.17, 15) is 19.2 Å². The summed E-state index contributed by atoms with van der Waals surface area (Å²) >= 11 is 0. The predicted octanol–water partition coefficient (Wildman–Crippen LogP) is 3.76. The van der Waals surface area contributed by atoms with Crippen molar-refractivity contribution < 1.29 is 9.18 Å². The normalized spacial score (nSPS) is 15.9. The van der Waals surface area contributed by atoms with E-state index >= 15 is 0 Å². The summed E-state index contributed by atoms with van der Waals surface area (Å²) in [6.07, 6.45) is 0.812. The average Bonchev–Trinajstić information content (AvgIpc) is 2.69. The van der Waals surface area contributed by atoms with Gasteiger partial charge in [0.1, 0.15) is 17.4 Å². The molecule has 1 aliphatic rings. The Kier molecular flexibility index (Phi) is 4.17. The molecule has 0 N–H and O–H groups in total. The maximum atomic E-state index is 13.3. The highest BCUT2D eigenvalue weighted by Crippen LogP contribution is 2.33. The zero-order valence-electron chi connectivity index (χ0n) is 14.4. The van der Waals surface area contributed by atoms with E-state index < -0.39 is 11.4 Å². The van der Waals surface area contributed by atoms with Crippen LogP contribution in [0.1, 0.15) is 39.5 Å². The molecule has 0 radical (unpaired) electrons. The summed E-state index contributed by atoms with van der Waals surface area (Å²) in [5.41, 5.74) is 1.84. The molecule has 2 aromatic carbocycles. The monoisotopic (exact) mass is 358 g/mol. The van der Waals surface area contributed by atoms with Gasteiger partial charge >= 0.3 is 0 Å². The van der Waals surface area contributed by atoms with Gasteiger partial charge in [-0.2, -0.15) is 5.26 Å². The summed E-state index contributed by atoms with van der Waals surface area (Å²) in [6, 6.07) is 18.4. The van der Waals surface area contributed by atoms with Gasteiger partial charge in [-0.25, -0.2) is 4.39 Å². The predicted molar refractivity (Wildman–Crippen MR) is 98.5 cm³/mol. The van der Waals surface area contributed by atoms with E-state index in [1.54, 1.807) is 0 Å². The van der Waals surface area contributed by atoms with E-state index in [1.807, 2.05) is 36.4 Å². The van der Waals surface area contributed by atoms with Gasteiger partial charge in [-0.3, -0.25) is 14.2 Å². The lowest BCUT2D eigenvalue weighted by Gasteiger charge is -2.27. The number of Topliss-reactive ketones (excluding diaryl/α,β-unsaturated/α-hetero) is 1. The maximum Gasteiger partial charge on any atom is 0.273 e. The molecule has 4 nitrogen and oxygen atoms in total. The van der Waals surface area contributed by atoms with E-state index in [4.69, 9.17) is 0 Å². The van der Waals surface area contributed by atoms with Crippen molar-refractivity contribution in [2.24, 2.45) is 0 Å². The fourth-order valence-electron chi connectivity index (χ4n) is 3.64. The van der Waals surface area contributed by atoms with Crippen LogP contribution in [0.25, 0.3) is 5.69 Å². The zero-order valence-corrected chi connectivity index (χ0v) is 14.4. The average molecular weight is 358 g/mol. The lowest BCUT2D eigenvalue weighted by atomic mass is 9.81. The van der Waals surface area contributed by atoms with Crippen molar-refractivity contribution in [1.82, 2.24) is 4.57 Å². The second-order valence-corrected chi connectivity index (χ2v) is 6.59. The van der Waals surface area contributed by atoms with Crippen molar-refractivity contribution in [3.05, 3.63) is 99.2 Å². The molecule has 1 aliphatic carbocycles. The molecule has 0 spiro atoms. The molecule has 0 fully saturated rings. The number of carbonyl (C=O) groups excluding carboxylic acids is 1. The van der Waals surface area contributed by atoms with Gasteiger partial charge in [-0.15, -0.1) is 0 Å². The molecular weight excluding hydrogens is 343 g/mol. The third-order valence-corrected chi connectivity index (χ3v) is 4.95. The topological polar surface area (TPSA) is 62.9 Å². The van der Waals surface area contributed by atoms with Crippen molar-refractivity contribution in [3.8, 4) is 11.8 Å². The Hall–Kier alpha value is -3.52. The molecule has 0 amide bonds. The number of hydrogen-bond acceptors (Lipinski definition) is 3. The number of ketones is 1. The minimum absolute atomic E-state index is 0.0507. The fourth-order valence-corrected chi connectivity index (χ4v) is 3.64. The summed E-state index contributed by atoms with van der Waals surface area (Å²) in [5.74, 6) is -0.571. The van der Waals surface area contributed by atoms with Crippen LogP contribution < -0.4 is 5.56 Å². The number of fused-ring (bicyclic) bond motifs is 1. The molecule has 0 saturated heterocycles. The number of carbonyl (C=O) groups is 1. The van der Waals surface area contributed by atoms with Crippen LogP contribution in [-0.4, -0.2) is 10.4 Å². The molecule has 3 aromatic rings. The van der Waals surface area contributed by atoms with Gasteiger partial charge < -0.3 is 0 Å². The smallest absolute Gasteiger partial charge is 0.273 e. The Bertz CT molecular complexity index is 1130. The second-order valence-electron chi connectivity index (χ2n) is 6.59. The molecule has 1 aromatic heterocycles. The molecule has 5 heteroatoms. The first-order valence-corrected chi connectivity index (χ1v) is 8.61. The van der Waals surface area contributed by atoms with Gasteiger partial charge in [0.05, 0.1) is 0 Å². The number of halogens is 1. The van der Waals surface area contributed by atoms with Crippen LogP contribution >= 0.6 is 0 Å². The molecule has 0 aliphatic heterocycles. The first-order valence-electron chi connectivity index (χ1n) is 8.61. The number of nitrogens with zero attached hydrogens (tertiary/aromatic N) is 2. The van der Waals surface area contributed by atoms with Crippen molar-refractivity contribution in [1.29, 1.82) is 5.26 Å². The summed E-state index contributed by atoms with van der Waals surface area (Å²) < 4.78 is 14.7. The highest BCUT2D eigenvalue weighted by Gasteiger charge is 2.30. The lowest BCUT2D eigenvalue weighted by Crippen LogP contribution is -2.31. The molecule has 0 bridgehead atoms. The molecule has 1 unspecified atom stereocenters. The Morgan fingerprint density at radius 3 is 2.37 bits per heavy atom. The third-order valence-electron chi connectivity index (χ3n) is 4.95. The lowest BCUT2D eigenvalue weighted by molar-refractivity contribution is 0.0962. The SMILES string of the molecule is N#Cc1cc2c(n(-c3ccc(F)cc3)c1=O)CC(c1ccccc1)CC2=O. The van der Waals surface area contributed by atoms with E-state index in [1.165, 1.54) is 34.9 Å². The van der Waals surface area contributed by atoms with Gasteiger partial charge in [0.2, 0.25) is 0 Å². The van der Waals surface area contributed by atoms with Gasteiger partial charge in [-0.1, -0.05) is 30.3 Å². The van der Waals surface area contributed by atoms with Gasteiger partial charge in [0.25, 0.3) is 5.56 Å². The standard InChI is InChI=1S/C22H15FN2O2/c23-17-6-8-18(9-7-17)25-20-11-15(14-4-2-1-3-5-14)12-21(26)19(20)10-16(13-24)22(25)27/h1-10,15H,11-12H2. The number of pyridine rings is 1. The Morgan fingerprint density at radius 1 is 1.00 bits per heavy atom. The van der Waals surface area contributed by atoms with Crippen LogP contribution in [0, 0.1) is 17.1 Å². The summed E-state index contributed by atoms with van der Waals surface area (Å²) in [4.78, 5) is 25.6. The molecule has 4 rings (SSSR count). The summed E-state index contributed by atoms with van der Waals surface area (Å²) in [5, 5.41) is 9.32. The number of hydrogen-bond donors (Lipinski definition) is 0. The molecule has 0 saturated carbocycles. The molecule has 1 atom stereocenters. The largest absolute Gasteiger partial charge is 0.294 e. The first-order chi connectivity index (χ1) is 13.1. The minimum Gasteiger partial charge on any atom is -0.294 e. The van der Waals surface area contributed by atoms with E-state index in [0.717, 1.165) is 5.56 Å². The maximum absolute atomic E-state index is 13.3. The second kappa shape index (κ2) is 6.65. The molecular formula is C22H15FN2O2. The Labute approximate surface area is 155 Å². The van der Waals surface area contributed by atoms with Crippen LogP contribution in [0.4, 0.5) is 4.39 Å². The van der Waals surface area contributed by atoms with Crippen molar-refractivity contribution in [2.45, 2.75) is 18.8 Å². The van der Waals surface area contributed by atoms with Crippen LogP contribution in [0.15, 0.2) is 65.5 Å². The summed E-state index contributed by atoms with van der Waals surface area (Å²) in [7, 11) is 0. The fraction of sp³-hybridized carbons (Fsp3) is 0.136. The van der Waals surface area contributed by atoms with Crippen LogP contribution in [0.5, 0.6) is 0 Å². The van der Waals surface area contributed by atoms with E-state index in [0.29, 0.717) is 29.8 Å². The Balaban J connectivity index is 1.94. The van der Waals surface area contributed by atoms with Gasteiger partial charge in [0.15, 0.2) is 5.78 Å². The number of rotatable bonds is 2. The van der Waals surface area contributed by atoms with Crippen LogP contribution in [0.3, 0.4) is 0 Å². The van der Waals surface area contributed by atoms with Crippen LogP contribution in [0.2, 0.25) is 0 Å².